The summed E-state index contributed by atoms with van der Waals surface area (Å²) in [5.41, 5.74) is 1.73. The fraction of sp³-hybridized carbons (Fsp3) is 0.381. The van der Waals surface area contributed by atoms with Crippen LogP contribution in [0.2, 0.25) is 0 Å². The molecule has 1 fully saturated rings. The van der Waals surface area contributed by atoms with Gasteiger partial charge in [-0.25, -0.2) is 8.42 Å². The summed E-state index contributed by atoms with van der Waals surface area (Å²) in [6.07, 6.45) is 3.27. The largest absolute Gasteiger partial charge is 0.326 e. The molecule has 1 heterocycles. The molecule has 5 nitrogen and oxygen atoms in total. The number of piperidine rings is 1. The first-order valence-corrected chi connectivity index (χ1v) is 10.9. The number of carbonyl (C=O) groups excluding carboxylic acids is 1. The zero-order valence-electron chi connectivity index (χ0n) is 15.6. The molecule has 6 heteroatoms. The molecule has 1 aliphatic rings. The lowest BCUT2D eigenvalue weighted by atomic mass is 9.97. The molecule has 0 aliphatic carbocycles. The molecular weight excluding hydrogens is 360 g/mol. The number of hydrogen-bond acceptors (Lipinski definition) is 3. The molecule has 1 N–H and O–H groups in total. The van der Waals surface area contributed by atoms with Crippen LogP contribution < -0.4 is 5.32 Å². The van der Waals surface area contributed by atoms with Gasteiger partial charge in [-0.05, 0) is 48.6 Å². The zero-order chi connectivity index (χ0) is 19.3. The van der Waals surface area contributed by atoms with Gasteiger partial charge in [0.2, 0.25) is 15.9 Å². The van der Waals surface area contributed by atoms with Gasteiger partial charge in [0, 0.05) is 25.2 Å². The van der Waals surface area contributed by atoms with Crippen molar-refractivity contribution in [3.63, 3.8) is 0 Å². The van der Waals surface area contributed by atoms with Crippen LogP contribution in [-0.2, 0) is 14.8 Å². The number of amides is 1. The van der Waals surface area contributed by atoms with Gasteiger partial charge in [0.15, 0.2) is 0 Å². The fourth-order valence-electron chi connectivity index (χ4n) is 3.35. The number of nitrogens with one attached hydrogen (secondary N) is 1. The van der Waals surface area contributed by atoms with E-state index in [9.17, 15) is 13.2 Å². The van der Waals surface area contributed by atoms with Gasteiger partial charge in [-0.2, -0.15) is 4.31 Å². The number of rotatable bonds is 6. The van der Waals surface area contributed by atoms with E-state index in [-0.39, 0.29) is 16.7 Å². The Kier molecular flexibility index (Phi) is 6.29. The van der Waals surface area contributed by atoms with Crippen molar-refractivity contribution < 1.29 is 13.2 Å². The molecule has 1 saturated heterocycles. The lowest BCUT2D eigenvalue weighted by Crippen LogP contribution is -2.35. The number of benzene rings is 2. The molecule has 1 aliphatic heterocycles. The third-order valence-electron chi connectivity index (χ3n) is 4.95. The Morgan fingerprint density at radius 1 is 1.00 bits per heavy atom. The van der Waals surface area contributed by atoms with Crippen molar-refractivity contribution in [3.8, 4) is 0 Å². The topological polar surface area (TPSA) is 66.5 Å². The monoisotopic (exact) mass is 386 g/mol. The molecule has 1 amide bonds. The molecule has 27 heavy (non-hydrogen) atoms. The van der Waals surface area contributed by atoms with Crippen molar-refractivity contribution >= 4 is 21.6 Å². The van der Waals surface area contributed by atoms with E-state index in [2.05, 4.69) is 5.32 Å². The fourth-order valence-corrected chi connectivity index (χ4v) is 4.87. The molecule has 0 aromatic heterocycles. The summed E-state index contributed by atoms with van der Waals surface area (Å²) in [5, 5.41) is 2.85. The van der Waals surface area contributed by atoms with E-state index < -0.39 is 10.0 Å². The predicted molar refractivity (Wildman–Crippen MR) is 107 cm³/mol. The third-order valence-corrected chi connectivity index (χ3v) is 6.86. The summed E-state index contributed by atoms with van der Waals surface area (Å²) >= 11 is 0. The normalized spacial score (nSPS) is 16.6. The van der Waals surface area contributed by atoms with E-state index in [1.54, 1.807) is 28.6 Å². The Hall–Kier alpha value is -2.18. The van der Waals surface area contributed by atoms with Crippen molar-refractivity contribution in [1.29, 1.82) is 0 Å². The van der Waals surface area contributed by atoms with Crippen molar-refractivity contribution in [3.05, 3.63) is 60.2 Å². The number of carbonyl (C=O) groups is 1. The average Bonchev–Trinajstić information content (AvgIpc) is 2.69. The van der Waals surface area contributed by atoms with E-state index in [0.717, 1.165) is 24.8 Å². The molecule has 3 rings (SSSR count). The van der Waals surface area contributed by atoms with Gasteiger partial charge in [0.05, 0.1) is 4.90 Å². The molecule has 0 saturated carbocycles. The first kappa shape index (κ1) is 19.6. The van der Waals surface area contributed by atoms with Crippen LogP contribution in [0.1, 0.15) is 44.1 Å². The highest BCUT2D eigenvalue weighted by atomic mass is 32.2. The van der Waals surface area contributed by atoms with E-state index >= 15 is 0 Å². The van der Waals surface area contributed by atoms with Crippen LogP contribution in [0, 0.1) is 0 Å². The van der Waals surface area contributed by atoms with Crippen LogP contribution in [-0.4, -0.2) is 31.7 Å². The standard InChI is InChI=1S/C21H26N2O3S/c1-17(18-8-4-2-5-9-18)16-21(24)22-19-10-12-20(13-11-19)27(25,26)23-14-6-3-7-15-23/h2,4-5,8-13,17H,3,6-7,14-16H2,1H3,(H,22,24)/t17-/m0/s1. The second-order valence-electron chi connectivity index (χ2n) is 7.05. The van der Waals surface area contributed by atoms with Crippen molar-refractivity contribution in [1.82, 2.24) is 4.31 Å². The summed E-state index contributed by atoms with van der Waals surface area (Å²) in [4.78, 5) is 12.6. The number of nitrogens with zero attached hydrogens (tertiary/aromatic N) is 1. The van der Waals surface area contributed by atoms with E-state index in [1.807, 2.05) is 37.3 Å². The minimum atomic E-state index is -3.44. The minimum absolute atomic E-state index is 0.0852. The summed E-state index contributed by atoms with van der Waals surface area (Å²) in [7, 11) is -3.44. The zero-order valence-corrected chi connectivity index (χ0v) is 16.4. The average molecular weight is 387 g/mol. The molecule has 0 radical (unpaired) electrons. The Bertz CT molecular complexity index is 858. The summed E-state index contributed by atoms with van der Waals surface area (Å²) in [5.74, 6) is 0.0305. The maximum atomic E-state index is 12.7. The maximum absolute atomic E-state index is 12.7. The van der Waals surface area contributed by atoms with Gasteiger partial charge in [-0.15, -0.1) is 0 Å². The number of sulfonamides is 1. The van der Waals surface area contributed by atoms with E-state index in [1.165, 1.54) is 0 Å². The van der Waals surface area contributed by atoms with Crippen LogP contribution in [0.15, 0.2) is 59.5 Å². The lowest BCUT2D eigenvalue weighted by molar-refractivity contribution is -0.116. The Labute approximate surface area is 161 Å². The number of hydrogen-bond donors (Lipinski definition) is 1. The first-order chi connectivity index (χ1) is 13.0. The minimum Gasteiger partial charge on any atom is -0.326 e. The highest BCUT2D eigenvalue weighted by Crippen LogP contribution is 2.23. The lowest BCUT2D eigenvalue weighted by Gasteiger charge is -2.25. The molecule has 0 spiro atoms. The van der Waals surface area contributed by atoms with Crippen LogP contribution in [0.4, 0.5) is 5.69 Å². The van der Waals surface area contributed by atoms with Crippen LogP contribution in [0.5, 0.6) is 0 Å². The smallest absolute Gasteiger partial charge is 0.243 e. The van der Waals surface area contributed by atoms with Gasteiger partial charge >= 0.3 is 0 Å². The third kappa shape index (κ3) is 4.96. The van der Waals surface area contributed by atoms with E-state index in [4.69, 9.17) is 0 Å². The molecule has 0 unspecified atom stereocenters. The molecule has 2 aromatic rings. The molecule has 0 bridgehead atoms. The predicted octanol–water partition coefficient (Wildman–Crippen LogP) is 3.99. The summed E-state index contributed by atoms with van der Waals surface area (Å²) in [6.45, 7) is 3.18. The Balaban J connectivity index is 1.61. The summed E-state index contributed by atoms with van der Waals surface area (Å²) in [6, 6.07) is 16.4. The van der Waals surface area contributed by atoms with Gasteiger partial charge < -0.3 is 5.32 Å². The molecule has 144 valence electrons. The molecule has 1 atom stereocenters. The van der Waals surface area contributed by atoms with E-state index in [0.29, 0.717) is 25.2 Å². The Morgan fingerprint density at radius 3 is 2.26 bits per heavy atom. The van der Waals surface area contributed by atoms with Crippen LogP contribution in [0.25, 0.3) is 0 Å². The van der Waals surface area contributed by atoms with Gasteiger partial charge in [0.1, 0.15) is 0 Å². The molecule has 2 aromatic carbocycles. The van der Waals surface area contributed by atoms with Crippen molar-refractivity contribution in [2.24, 2.45) is 0 Å². The van der Waals surface area contributed by atoms with Crippen molar-refractivity contribution in [2.75, 3.05) is 18.4 Å². The first-order valence-electron chi connectivity index (χ1n) is 9.42. The SMILES string of the molecule is C[C@@H](CC(=O)Nc1ccc(S(=O)(=O)N2CCCCC2)cc1)c1ccccc1. The second-order valence-corrected chi connectivity index (χ2v) is 8.99. The maximum Gasteiger partial charge on any atom is 0.243 e. The molecular formula is C21H26N2O3S. The van der Waals surface area contributed by atoms with Crippen LogP contribution in [0.3, 0.4) is 0 Å². The van der Waals surface area contributed by atoms with Gasteiger partial charge in [-0.1, -0.05) is 43.7 Å². The number of anilines is 1. The van der Waals surface area contributed by atoms with Gasteiger partial charge in [-0.3, -0.25) is 4.79 Å². The van der Waals surface area contributed by atoms with Crippen molar-refractivity contribution in [2.45, 2.75) is 43.4 Å². The van der Waals surface area contributed by atoms with Crippen LogP contribution >= 0.6 is 0 Å². The highest BCUT2D eigenvalue weighted by Gasteiger charge is 2.25. The van der Waals surface area contributed by atoms with Gasteiger partial charge in [0.25, 0.3) is 0 Å². The quantitative estimate of drug-likeness (QED) is 0.816. The second kappa shape index (κ2) is 8.67. The highest BCUT2D eigenvalue weighted by molar-refractivity contribution is 7.89. The summed E-state index contributed by atoms with van der Waals surface area (Å²) < 4.78 is 26.9. The Morgan fingerprint density at radius 2 is 1.63 bits per heavy atom.